The van der Waals surface area contributed by atoms with Gasteiger partial charge in [0.1, 0.15) is 11.9 Å². The van der Waals surface area contributed by atoms with Gasteiger partial charge in [0.25, 0.3) is 5.91 Å². The second-order valence-electron chi connectivity index (χ2n) is 9.52. The molecule has 35 heavy (non-hydrogen) atoms. The first-order valence-corrected chi connectivity index (χ1v) is 11.9. The number of aromatic nitrogens is 1. The van der Waals surface area contributed by atoms with Gasteiger partial charge in [-0.15, -0.1) is 0 Å². The summed E-state index contributed by atoms with van der Waals surface area (Å²) < 4.78 is 22.9. The maximum absolute atomic E-state index is 14.0. The first-order chi connectivity index (χ1) is 16.9. The molecule has 1 aliphatic carbocycles. The van der Waals surface area contributed by atoms with Gasteiger partial charge in [-0.3, -0.25) is 14.5 Å². The van der Waals surface area contributed by atoms with Gasteiger partial charge in [0.05, 0.1) is 38.9 Å². The Morgan fingerprint density at radius 2 is 1.74 bits per heavy atom. The predicted molar refractivity (Wildman–Crippen MR) is 129 cm³/mol. The first-order valence-electron chi connectivity index (χ1n) is 11.9. The third kappa shape index (κ3) is 3.72. The van der Waals surface area contributed by atoms with Crippen LogP contribution in [0.25, 0.3) is 0 Å². The summed E-state index contributed by atoms with van der Waals surface area (Å²) in [6.07, 6.45) is 3.88. The van der Waals surface area contributed by atoms with Gasteiger partial charge in [-0.25, -0.2) is 4.98 Å². The van der Waals surface area contributed by atoms with E-state index in [2.05, 4.69) is 11.9 Å². The number of aryl methyl sites for hydroxylation is 1. The SMILES string of the molecule is COc1cc(C2C3=C(OC4CCC(C)CC4C3=O)C(=O)N2c2cc(C)ccn2)cc(OC)c1OC. The molecule has 0 spiro atoms. The molecule has 184 valence electrons. The zero-order chi connectivity index (χ0) is 24.9. The summed E-state index contributed by atoms with van der Waals surface area (Å²) in [5, 5.41) is 0. The Kier molecular flexibility index (Phi) is 5.91. The highest BCUT2D eigenvalue weighted by Crippen LogP contribution is 2.51. The number of rotatable bonds is 5. The fourth-order valence-electron chi connectivity index (χ4n) is 5.54. The molecular formula is C27H30N2O6. The van der Waals surface area contributed by atoms with Gasteiger partial charge >= 0.3 is 0 Å². The van der Waals surface area contributed by atoms with Crippen molar-refractivity contribution in [3.8, 4) is 17.2 Å². The van der Waals surface area contributed by atoms with E-state index >= 15 is 0 Å². The lowest BCUT2D eigenvalue weighted by atomic mass is 9.74. The number of ether oxygens (including phenoxy) is 4. The van der Waals surface area contributed by atoms with E-state index in [0.29, 0.717) is 40.1 Å². The van der Waals surface area contributed by atoms with E-state index in [-0.39, 0.29) is 29.5 Å². The first kappa shape index (κ1) is 23.2. The maximum Gasteiger partial charge on any atom is 0.295 e. The molecule has 3 aliphatic rings. The Labute approximate surface area is 204 Å². The summed E-state index contributed by atoms with van der Waals surface area (Å²) in [7, 11) is 4.61. The van der Waals surface area contributed by atoms with Crippen LogP contribution in [0.15, 0.2) is 41.8 Å². The van der Waals surface area contributed by atoms with E-state index in [0.717, 1.165) is 24.8 Å². The van der Waals surface area contributed by atoms with E-state index < -0.39 is 6.04 Å². The minimum Gasteiger partial charge on any atom is -0.493 e. The van der Waals surface area contributed by atoms with Crippen LogP contribution in [0.5, 0.6) is 17.2 Å². The average Bonchev–Trinajstić information content (AvgIpc) is 3.16. The molecular weight excluding hydrogens is 448 g/mol. The number of pyridine rings is 1. The number of nitrogens with zero attached hydrogens (tertiary/aromatic N) is 2. The summed E-state index contributed by atoms with van der Waals surface area (Å²) in [4.78, 5) is 33.8. The molecule has 1 aromatic carbocycles. The molecule has 0 saturated heterocycles. The number of amides is 1. The van der Waals surface area contributed by atoms with E-state index in [9.17, 15) is 9.59 Å². The van der Waals surface area contributed by atoms with Gasteiger partial charge in [-0.2, -0.15) is 0 Å². The lowest BCUT2D eigenvalue weighted by molar-refractivity contribution is -0.132. The van der Waals surface area contributed by atoms with Crippen molar-refractivity contribution in [2.45, 2.75) is 45.3 Å². The van der Waals surface area contributed by atoms with Crippen LogP contribution < -0.4 is 19.1 Å². The van der Waals surface area contributed by atoms with Crippen LogP contribution in [0.4, 0.5) is 5.82 Å². The van der Waals surface area contributed by atoms with Gasteiger partial charge in [0.2, 0.25) is 5.75 Å². The van der Waals surface area contributed by atoms with Crippen LogP contribution in [0.2, 0.25) is 0 Å². The third-order valence-corrected chi connectivity index (χ3v) is 7.26. The fourth-order valence-corrected chi connectivity index (χ4v) is 5.54. The summed E-state index contributed by atoms with van der Waals surface area (Å²) in [6, 6.07) is 6.53. The van der Waals surface area contributed by atoms with Crippen molar-refractivity contribution in [2.75, 3.05) is 26.2 Å². The number of ketones is 1. The number of Topliss-reactive ketones (excluding diaryl/α,β-unsaturated/α-hetero) is 1. The second-order valence-corrected chi connectivity index (χ2v) is 9.52. The average molecular weight is 479 g/mol. The molecule has 0 N–H and O–H groups in total. The van der Waals surface area contributed by atoms with E-state index in [1.54, 1.807) is 23.2 Å². The molecule has 8 nitrogen and oxygen atoms in total. The summed E-state index contributed by atoms with van der Waals surface area (Å²) in [5.74, 6) is 1.68. The van der Waals surface area contributed by atoms with Gasteiger partial charge in [0, 0.05) is 6.20 Å². The third-order valence-electron chi connectivity index (χ3n) is 7.26. The van der Waals surface area contributed by atoms with E-state index in [1.165, 1.54) is 21.3 Å². The van der Waals surface area contributed by atoms with Crippen LogP contribution in [0.1, 0.15) is 43.4 Å². The number of benzene rings is 1. The Morgan fingerprint density at radius 1 is 1.03 bits per heavy atom. The van der Waals surface area contributed by atoms with Gasteiger partial charge in [-0.1, -0.05) is 6.92 Å². The molecule has 3 heterocycles. The monoisotopic (exact) mass is 478 g/mol. The largest absolute Gasteiger partial charge is 0.493 e. The maximum atomic E-state index is 14.0. The smallest absolute Gasteiger partial charge is 0.295 e. The van der Waals surface area contributed by atoms with Crippen molar-refractivity contribution in [3.05, 3.63) is 52.9 Å². The number of anilines is 1. The highest BCUT2D eigenvalue weighted by molar-refractivity contribution is 6.17. The highest BCUT2D eigenvalue weighted by Gasteiger charge is 2.53. The summed E-state index contributed by atoms with van der Waals surface area (Å²) in [5.41, 5.74) is 1.98. The normalized spacial score (nSPS) is 25.7. The van der Waals surface area contributed by atoms with Crippen molar-refractivity contribution in [3.63, 3.8) is 0 Å². The van der Waals surface area contributed by atoms with Crippen molar-refractivity contribution in [2.24, 2.45) is 11.8 Å². The topological polar surface area (TPSA) is 87.2 Å². The minimum absolute atomic E-state index is 0.0231. The predicted octanol–water partition coefficient (Wildman–Crippen LogP) is 4.16. The second kappa shape index (κ2) is 8.91. The van der Waals surface area contributed by atoms with Crippen LogP contribution in [-0.4, -0.2) is 44.1 Å². The van der Waals surface area contributed by atoms with Crippen molar-refractivity contribution >= 4 is 17.5 Å². The van der Waals surface area contributed by atoms with Gasteiger partial charge in [0.15, 0.2) is 23.0 Å². The standard InChI is InChI=1S/C27H30N2O6/c1-14-6-7-18-17(10-14)24(30)22-23(16-12-19(32-3)25(34-5)20(13-16)33-4)29(27(31)26(22)35-18)21-11-15(2)8-9-28-21/h8-9,11-14,17-18,23H,6-7,10H2,1-5H3. The van der Waals surface area contributed by atoms with Crippen LogP contribution in [-0.2, 0) is 14.3 Å². The fraction of sp³-hybridized carbons (Fsp3) is 0.444. The minimum atomic E-state index is -0.730. The highest BCUT2D eigenvalue weighted by atomic mass is 16.5. The molecule has 1 fully saturated rings. The zero-order valence-corrected chi connectivity index (χ0v) is 20.7. The Balaban J connectivity index is 1.71. The lowest BCUT2D eigenvalue weighted by Crippen LogP contribution is -2.41. The van der Waals surface area contributed by atoms with Gasteiger partial charge < -0.3 is 18.9 Å². The van der Waals surface area contributed by atoms with Gasteiger partial charge in [-0.05, 0) is 67.5 Å². The molecule has 0 radical (unpaired) electrons. The molecule has 4 atom stereocenters. The molecule has 8 heteroatoms. The number of methoxy groups -OCH3 is 3. The zero-order valence-electron chi connectivity index (χ0n) is 20.7. The van der Waals surface area contributed by atoms with Crippen LogP contribution in [0.3, 0.4) is 0 Å². The number of hydrogen-bond donors (Lipinski definition) is 0. The Morgan fingerprint density at radius 3 is 2.37 bits per heavy atom. The number of carbonyl (C=O) groups is 2. The summed E-state index contributed by atoms with van der Waals surface area (Å²) in [6.45, 7) is 4.10. The number of fused-ring (bicyclic) bond motifs is 1. The summed E-state index contributed by atoms with van der Waals surface area (Å²) >= 11 is 0. The van der Waals surface area contributed by atoms with Crippen LogP contribution in [0, 0.1) is 18.8 Å². The molecule has 2 aliphatic heterocycles. The van der Waals surface area contributed by atoms with Crippen molar-refractivity contribution in [1.29, 1.82) is 0 Å². The molecule has 0 bridgehead atoms. The van der Waals surface area contributed by atoms with E-state index in [4.69, 9.17) is 18.9 Å². The quantitative estimate of drug-likeness (QED) is 0.638. The molecule has 2 aromatic rings. The Hall–Kier alpha value is -3.55. The van der Waals surface area contributed by atoms with Crippen LogP contribution >= 0.6 is 0 Å². The Bertz CT molecular complexity index is 1200. The van der Waals surface area contributed by atoms with E-state index in [1.807, 2.05) is 19.1 Å². The lowest BCUT2D eigenvalue weighted by Gasteiger charge is -2.37. The van der Waals surface area contributed by atoms with Crippen molar-refractivity contribution < 1.29 is 28.5 Å². The molecule has 1 saturated carbocycles. The molecule has 4 unspecified atom stereocenters. The molecule has 1 aromatic heterocycles. The molecule has 1 amide bonds. The molecule has 5 rings (SSSR count). The van der Waals surface area contributed by atoms with Crippen molar-refractivity contribution in [1.82, 2.24) is 4.98 Å². The number of carbonyl (C=O) groups excluding carboxylic acids is 2. The number of hydrogen-bond acceptors (Lipinski definition) is 7.